The second-order valence-electron chi connectivity index (χ2n) is 2.71. The molecule has 0 aliphatic heterocycles. The van der Waals surface area contributed by atoms with Gasteiger partial charge < -0.3 is 9.67 Å². The van der Waals surface area contributed by atoms with E-state index in [1.807, 2.05) is 24.9 Å². The lowest BCUT2D eigenvalue weighted by Gasteiger charge is -1.97. The Balaban J connectivity index is 2.63. The average Bonchev–Trinajstić information content (AvgIpc) is 2.31. The summed E-state index contributed by atoms with van der Waals surface area (Å²) < 4.78 is 1.99. The summed E-state index contributed by atoms with van der Waals surface area (Å²) in [5.74, 6) is 0. The highest BCUT2D eigenvalue weighted by atomic mass is 16.2. The second-order valence-corrected chi connectivity index (χ2v) is 2.71. The zero-order valence-corrected chi connectivity index (χ0v) is 7.04. The Bertz CT molecular complexity index is 230. The summed E-state index contributed by atoms with van der Waals surface area (Å²) in [5.41, 5.74) is 2.29. The maximum absolute atomic E-state index is 8.59. The Kier molecular flexibility index (Phi) is 2.65. The molecule has 0 fully saturated rings. The monoisotopic (exact) mass is 154 g/mol. The van der Waals surface area contributed by atoms with Crippen LogP contribution in [-0.4, -0.2) is 21.3 Å². The van der Waals surface area contributed by atoms with Gasteiger partial charge >= 0.3 is 0 Å². The quantitative estimate of drug-likeness (QED) is 0.694. The molecule has 1 N–H and O–H groups in total. The van der Waals surface area contributed by atoms with Gasteiger partial charge in [-0.2, -0.15) is 0 Å². The number of aryl methyl sites for hydroxylation is 2. The fraction of sp³-hybridized carbons (Fsp3) is 0.625. The molecule has 3 heteroatoms. The zero-order valence-electron chi connectivity index (χ0n) is 7.04. The van der Waals surface area contributed by atoms with Gasteiger partial charge in [0.25, 0.3) is 0 Å². The second kappa shape index (κ2) is 3.53. The molecular formula is C8H14N2O. The molecule has 3 nitrogen and oxygen atoms in total. The molecule has 1 rings (SSSR count). The number of aliphatic hydroxyl groups excluding tert-OH is 1. The molecule has 0 aliphatic carbocycles. The first kappa shape index (κ1) is 8.27. The highest BCUT2D eigenvalue weighted by Crippen LogP contribution is 2.05. The molecule has 0 saturated heterocycles. The summed E-state index contributed by atoms with van der Waals surface area (Å²) in [7, 11) is 1.98. The van der Waals surface area contributed by atoms with Crippen LogP contribution in [0.1, 0.15) is 17.8 Å². The lowest BCUT2D eigenvalue weighted by molar-refractivity contribution is 0.288. The van der Waals surface area contributed by atoms with Gasteiger partial charge in [0.1, 0.15) is 0 Å². The van der Waals surface area contributed by atoms with Crippen LogP contribution < -0.4 is 0 Å². The van der Waals surface area contributed by atoms with Gasteiger partial charge in [0.05, 0.1) is 12.0 Å². The van der Waals surface area contributed by atoms with Gasteiger partial charge in [0.2, 0.25) is 0 Å². The summed E-state index contributed by atoms with van der Waals surface area (Å²) in [4.78, 5) is 4.20. The largest absolute Gasteiger partial charge is 0.396 e. The minimum absolute atomic E-state index is 0.246. The molecule has 0 amide bonds. The number of nitrogens with zero attached hydrogens (tertiary/aromatic N) is 2. The van der Waals surface area contributed by atoms with E-state index in [9.17, 15) is 0 Å². The highest BCUT2D eigenvalue weighted by molar-refractivity contribution is 5.10. The number of aliphatic hydroxyl groups is 1. The van der Waals surface area contributed by atoms with E-state index in [-0.39, 0.29) is 6.61 Å². The van der Waals surface area contributed by atoms with E-state index in [1.54, 1.807) is 0 Å². The summed E-state index contributed by atoms with van der Waals surface area (Å²) in [5, 5.41) is 8.59. The van der Waals surface area contributed by atoms with Crippen LogP contribution in [0, 0.1) is 6.92 Å². The van der Waals surface area contributed by atoms with E-state index in [0.29, 0.717) is 0 Å². The summed E-state index contributed by atoms with van der Waals surface area (Å²) in [6, 6.07) is 0. The third-order valence-corrected chi connectivity index (χ3v) is 1.91. The molecule has 0 radical (unpaired) electrons. The first-order valence-electron chi connectivity index (χ1n) is 3.83. The Morgan fingerprint density at radius 1 is 1.64 bits per heavy atom. The predicted molar refractivity (Wildman–Crippen MR) is 43.4 cm³/mol. The van der Waals surface area contributed by atoms with Crippen molar-refractivity contribution in [1.82, 2.24) is 9.55 Å². The van der Waals surface area contributed by atoms with E-state index in [4.69, 9.17) is 5.11 Å². The van der Waals surface area contributed by atoms with Crippen LogP contribution in [0.15, 0.2) is 6.33 Å². The van der Waals surface area contributed by atoms with Crippen LogP contribution in [0.4, 0.5) is 0 Å². The molecule has 1 aromatic rings. The molecule has 0 aliphatic rings. The Morgan fingerprint density at radius 2 is 2.36 bits per heavy atom. The molecule has 1 heterocycles. The lowest BCUT2D eigenvalue weighted by Crippen LogP contribution is -1.94. The number of hydrogen-bond donors (Lipinski definition) is 1. The van der Waals surface area contributed by atoms with Gasteiger partial charge in [-0.25, -0.2) is 4.98 Å². The maximum Gasteiger partial charge on any atom is 0.0948 e. The Hall–Kier alpha value is -0.830. The van der Waals surface area contributed by atoms with Crippen LogP contribution in [0.3, 0.4) is 0 Å². The molecule has 0 atom stereocenters. The van der Waals surface area contributed by atoms with Crippen LogP contribution in [0.25, 0.3) is 0 Å². The zero-order chi connectivity index (χ0) is 8.27. The molecule has 0 saturated carbocycles. The fourth-order valence-electron chi connectivity index (χ4n) is 1.03. The third kappa shape index (κ3) is 1.80. The molecule has 0 bridgehead atoms. The smallest absolute Gasteiger partial charge is 0.0948 e. The standard InChI is InChI=1S/C8H14N2O/c1-7-8(4-3-5-11)9-6-10(7)2/h6,11H,3-5H2,1-2H3. The van der Waals surface area contributed by atoms with Crippen molar-refractivity contribution in [2.45, 2.75) is 19.8 Å². The van der Waals surface area contributed by atoms with Crippen molar-refractivity contribution < 1.29 is 5.11 Å². The average molecular weight is 154 g/mol. The number of hydrogen-bond acceptors (Lipinski definition) is 2. The molecule has 0 aromatic carbocycles. The number of aromatic nitrogens is 2. The van der Waals surface area contributed by atoms with Crippen molar-refractivity contribution in [3.8, 4) is 0 Å². The fourth-order valence-corrected chi connectivity index (χ4v) is 1.03. The van der Waals surface area contributed by atoms with Crippen molar-refractivity contribution in [2.75, 3.05) is 6.61 Å². The SMILES string of the molecule is Cc1c(CCCO)ncn1C. The molecule has 0 unspecified atom stereocenters. The van der Waals surface area contributed by atoms with Crippen molar-refractivity contribution in [3.05, 3.63) is 17.7 Å². The number of rotatable bonds is 3. The van der Waals surface area contributed by atoms with E-state index in [1.165, 1.54) is 5.69 Å². The van der Waals surface area contributed by atoms with Crippen LogP contribution in [0.5, 0.6) is 0 Å². The molecule has 0 spiro atoms. The van der Waals surface area contributed by atoms with E-state index in [0.717, 1.165) is 18.5 Å². The lowest BCUT2D eigenvalue weighted by atomic mass is 10.2. The first-order chi connectivity index (χ1) is 5.25. The number of imidazole rings is 1. The van der Waals surface area contributed by atoms with Crippen molar-refractivity contribution in [1.29, 1.82) is 0 Å². The predicted octanol–water partition coefficient (Wildman–Crippen LogP) is 0.653. The molecule has 11 heavy (non-hydrogen) atoms. The van der Waals surface area contributed by atoms with Gasteiger partial charge in [0.15, 0.2) is 0 Å². The van der Waals surface area contributed by atoms with Crippen LogP contribution in [0.2, 0.25) is 0 Å². The summed E-state index contributed by atoms with van der Waals surface area (Å²) in [6.45, 7) is 2.29. The van der Waals surface area contributed by atoms with Gasteiger partial charge in [-0.1, -0.05) is 0 Å². The van der Waals surface area contributed by atoms with Gasteiger partial charge in [0, 0.05) is 19.3 Å². The van der Waals surface area contributed by atoms with Gasteiger partial charge in [-0.3, -0.25) is 0 Å². The van der Waals surface area contributed by atoms with Crippen molar-refractivity contribution in [2.24, 2.45) is 7.05 Å². The van der Waals surface area contributed by atoms with Gasteiger partial charge in [-0.15, -0.1) is 0 Å². The molecule has 62 valence electrons. The van der Waals surface area contributed by atoms with E-state index in [2.05, 4.69) is 4.98 Å². The van der Waals surface area contributed by atoms with Crippen LogP contribution >= 0.6 is 0 Å². The first-order valence-corrected chi connectivity index (χ1v) is 3.83. The van der Waals surface area contributed by atoms with Crippen molar-refractivity contribution >= 4 is 0 Å². The van der Waals surface area contributed by atoms with Gasteiger partial charge in [-0.05, 0) is 19.8 Å². The minimum atomic E-state index is 0.246. The summed E-state index contributed by atoms with van der Waals surface area (Å²) >= 11 is 0. The Labute approximate surface area is 66.7 Å². The summed E-state index contributed by atoms with van der Waals surface area (Å²) in [6.07, 6.45) is 3.49. The van der Waals surface area contributed by atoms with E-state index >= 15 is 0 Å². The minimum Gasteiger partial charge on any atom is -0.396 e. The third-order valence-electron chi connectivity index (χ3n) is 1.91. The maximum atomic E-state index is 8.59. The normalized spacial score (nSPS) is 10.5. The topological polar surface area (TPSA) is 38.1 Å². The van der Waals surface area contributed by atoms with E-state index < -0.39 is 0 Å². The molecular weight excluding hydrogens is 140 g/mol. The Morgan fingerprint density at radius 3 is 2.82 bits per heavy atom. The van der Waals surface area contributed by atoms with Crippen molar-refractivity contribution in [3.63, 3.8) is 0 Å². The highest BCUT2D eigenvalue weighted by Gasteiger charge is 2.01. The molecule has 1 aromatic heterocycles. The van der Waals surface area contributed by atoms with Crippen LogP contribution in [-0.2, 0) is 13.5 Å².